The van der Waals surface area contributed by atoms with E-state index >= 15 is 0 Å². The van der Waals surface area contributed by atoms with Crippen LogP contribution < -0.4 is 10.9 Å². The summed E-state index contributed by atoms with van der Waals surface area (Å²) in [7, 11) is -2.51. The van der Waals surface area contributed by atoms with Crippen molar-refractivity contribution in [1.29, 1.82) is 0 Å². The van der Waals surface area contributed by atoms with E-state index in [-0.39, 0.29) is 24.3 Å². The summed E-state index contributed by atoms with van der Waals surface area (Å²) in [6, 6.07) is 11.7. The molecule has 0 fully saturated rings. The fourth-order valence-electron chi connectivity index (χ4n) is 3.75. The summed E-state index contributed by atoms with van der Waals surface area (Å²) in [5.74, 6) is -2.80. The molecule has 37 heavy (non-hydrogen) atoms. The molecule has 1 N–H and O–H groups in total. The average molecular weight is 533 g/mol. The summed E-state index contributed by atoms with van der Waals surface area (Å²) in [6.45, 7) is 6.42. The van der Waals surface area contributed by atoms with Gasteiger partial charge in [-0.15, -0.1) is 0 Å². The molecule has 1 unspecified atom stereocenters. The van der Waals surface area contributed by atoms with Crippen LogP contribution in [0.15, 0.2) is 58.2 Å². The number of sulfonamides is 1. The number of esters is 1. The van der Waals surface area contributed by atoms with Crippen LogP contribution in [0.1, 0.15) is 36.8 Å². The number of hydrogen-bond acceptors (Lipinski definition) is 6. The van der Waals surface area contributed by atoms with Crippen molar-refractivity contribution in [1.82, 2.24) is 13.7 Å². The fourth-order valence-corrected chi connectivity index (χ4v) is 5.30. The van der Waals surface area contributed by atoms with Gasteiger partial charge in [0.25, 0.3) is 11.5 Å². The topological polar surface area (TPSA) is 120 Å². The lowest BCUT2D eigenvalue weighted by molar-refractivity contribution is -0.123. The minimum absolute atomic E-state index is 0.0219. The van der Waals surface area contributed by atoms with Crippen LogP contribution >= 0.6 is 0 Å². The Balaban J connectivity index is 1.81. The molecule has 0 saturated carbocycles. The maximum Gasteiger partial charge on any atom is 0.338 e. The zero-order chi connectivity index (χ0) is 27.5. The first-order valence-corrected chi connectivity index (χ1v) is 13.0. The minimum atomic E-state index is -4.18. The maximum absolute atomic E-state index is 14.4. The lowest BCUT2D eigenvalue weighted by Crippen LogP contribution is -2.32. The van der Waals surface area contributed by atoms with Gasteiger partial charge in [0.1, 0.15) is 16.4 Å². The summed E-state index contributed by atoms with van der Waals surface area (Å²) < 4.78 is 49.1. The van der Waals surface area contributed by atoms with Gasteiger partial charge in [0.15, 0.2) is 6.10 Å². The van der Waals surface area contributed by atoms with Gasteiger partial charge in [0.2, 0.25) is 10.0 Å². The van der Waals surface area contributed by atoms with E-state index in [1.54, 1.807) is 56.8 Å². The molecule has 198 valence electrons. The van der Waals surface area contributed by atoms with Gasteiger partial charge in [0.05, 0.1) is 16.9 Å². The highest BCUT2D eigenvalue weighted by Gasteiger charge is 2.28. The van der Waals surface area contributed by atoms with Crippen molar-refractivity contribution in [2.24, 2.45) is 7.05 Å². The van der Waals surface area contributed by atoms with E-state index in [0.29, 0.717) is 11.4 Å². The Hall–Kier alpha value is -3.77. The van der Waals surface area contributed by atoms with Crippen LogP contribution in [0.5, 0.6) is 0 Å². The normalized spacial score (nSPS) is 12.4. The van der Waals surface area contributed by atoms with Crippen LogP contribution in [-0.2, 0) is 26.6 Å². The average Bonchev–Trinajstić information content (AvgIpc) is 3.07. The number of rotatable bonds is 9. The molecule has 0 aliphatic carbocycles. The number of amides is 1. The van der Waals surface area contributed by atoms with Crippen molar-refractivity contribution in [3.8, 4) is 5.69 Å². The first-order valence-electron chi connectivity index (χ1n) is 11.6. The second-order valence-corrected chi connectivity index (χ2v) is 10.1. The second-order valence-electron chi connectivity index (χ2n) is 8.21. The first-order chi connectivity index (χ1) is 17.4. The number of anilines is 1. The van der Waals surface area contributed by atoms with Crippen molar-refractivity contribution in [2.45, 2.75) is 38.7 Å². The van der Waals surface area contributed by atoms with Crippen LogP contribution in [0.4, 0.5) is 10.1 Å². The molecule has 10 nitrogen and oxygen atoms in total. The number of carbonyl (C=O) groups excluding carboxylic acids is 2. The molecule has 3 rings (SSSR count). The zero-order valence-electron chi connectivity index (χ0n) is 21.2. The van der Waals surface area contributed by atoms with Crippen molar-refractivity contribution in [3.63, 3.8) is 0 Å². The molecule has 3 aromatic rings. The minimum Gasteiger partial charge on any atom is -0.449 e. The molecule has 2 aromatic carbocycles. The summed E-state index contributed by atoms with van der Waals surface area (Å²) >= 11 is 0. The molecular weight excluding hydrogens is 503 g/mol. The number of para-hydroxylation sites is 1. The fraction of sp³-hybridized carbons (Fsp3) is 0.320. The third-order valence-electron chi connectivity index (χ3n) is 5.95. The third kappa shape index (κ3) is 5.49. The summed E-state index contributed by atoms with van der Waals surface area (Å²) in [5, 5.41) is 2.51. The zero-order valence-corrected chi connectivity index (χ0v) is 22.0. The largest absolute Gasteiger partial charge is 0.449 e. The summed E-state index contributed by atoms with van der Waals surface area (Å²) in [5.41, 5.74) is 0.390. The molecule has 1 aromatic heterocycles. The number of aromatic nitrogens is 2. The monoisotopic (exact) mass is 532 g/mol. The highest BCUT2D eigenvalue weighted by Crippen LogP contribution is 2.22. The number of benzene rings is 2. The van der Waals surface area contributed by atoms with Crippen LogP contribution in [-0.4, -0.2) is 53.2 Å². The second kappa shape index (κ2) is 11.1. The number of nitrogens with one attached hydrogen (secondary N) is 1. The van der Waals surface area contributed by atoms with Crippen LogP contribution in [0.25, 0.3) is 5.69 Å². The van der Waals surface area contributed by atoms with E-state index in [9.17, 15) is 27.2 Å². The van der Waals surface area contributed by atoms with Gasteiger partial charge < -0.3 is 10.1 Å². The Morgan fingerprint density at radius 3 is 2.32 bits per heavy atom. The maximum atomic E-state index is 14.4. The van der Waals surface area contributed by atoms with E-state index in [0.717, 1.165) is 22.5 Å². The van der Waals surface area contributed by atoms with Crippen molar-refractivity contribution in [3.05, 3.63) is 76.0 Å². The number of carbonyl (C=O) groups is 2. The van der Waals surface area contributed by atoms with E-state index in [1.165, 1.54) is 11.6 Å². The molecule has 12 heteroatoms. The molecule has 1 atom stereocenters. The van der Waals surface area contributed by atoms with Gasteiger partial charge in [-0.1, -0.05) is 32.0 Å². The molecule has 0 bridgehead atoms. The van der Waals surface area contributed by atoms with Gasteiger partial charge in [0, 0.05) is 20.1 Å². The Labute approximate surface area is 214 Å². The molecule has 1 heterocycles. The number of nitrogens with zero attached hydrogens (tertiary/aromatic N) is 3. The number of ether oxygens (including phenoxy) is 1. The SMILES string of the molecule is CCN(CC)S(=O)(=O)c1cc(C(=O)OC(C)C(=O)Nc2c(C)n(C)n(-c3ccccc3)c2=O)ccc1F. The van der Waals surface area contributed by atoms with E-state index in [4.69, 9.17) is 4.74 Å². The van der Waals surface area contributed by atoms with Crippen LogP contribution in [0.2, 0.25) is 0 Å². The molecule has 1 amide bonds. The quantitative estimate of drug-likeness (QED) is 0.423. The summed E-state index contributed by atoms with van der Waals surface area (Å²) in [6.07, 6.45) is -1.34. The highest BCUT2D eigenvalue weighted by atomic mass is 32.2. The molecule has 0 saturated heterocycles. The van der Waals surface area contributed by atoms with Crippen LogP contribution in [0, 0.1) is 12.7 Å². The van der Waals surface area contributed by atoms with Crippen molar-refractivity contribution < 1.29 is 27.1 Å². The number of halogens is 1. The molecule has 0 spiro atoms. The van der Waals surface area contributed by atoms with E-state index in [2.05, 4.69) is 5.32 Å². The van der Waals surface area contributed by atoms with E-state index < -0.39 is 44.3 Å². The van der Waals surface area contributed by atoms with Gasteiger partial charge in [-0.3, -0.25) is 14.3 Å². The Morgan fingerprint density at radius 1 is 1.11 bits per heavy atom. The van der Waals surface area contributed by atoms with Gasteiger partial charge in [-0.05, 0) is 44.2 Å². The number of hydrogen-bond donors (Lipinski definition) is 1. The van der Waals surface area contributed by atoms with Crippen LogP contribution in [0.3, 0.4) is 0 Å². The van der Waals surface area contributed by atoms with Gasteiger partial charge in [-0.25, -0.2) is 22.3 Å². The smallest absolute Gasteiger partial charge is 0.338 e. The Kier molecular flexibility index (Phi) is 8.34. The van der Waals surface area contributed by atoms with Crippen molar-refractivity contribution in [2.75, 3.05) is 18.4 Å². The molecule has 0 aliphatic rings. The Bertz CT molecular complexity index is 1480. The first kappa shape index (κ1) is 27.8. The predicted molar refractivity (Wildman–Crippen MR) is 136 cm³/mol. The third-order valence-corrected chi connectivity index (χ3v) is 8.01. The lowest BCUT2D eigenvalue weighted by Gasteiger charge is -2.19. The Morgan fingerprint density at radius 2 is 1.73 bits per heavy atom. The highest BCUT2D eigenvalue weighted by molar-refractivity contribution is 7.89. The van der Waals surface area contributed by atoms with Crippen molar-refractivity contribution >= 4 is 27.6 Å². The standard InChI is InChI=1S/C25H29FN4O6S/c1-6-29(7-2)37(34,35)21-15-18(13-14-20(21)26)25(33)36-17(4)23(31)27-22-16(3)28(5)30(24(22)32)19-11-9-8-10-12-19/h8-15,17H,6-7H2,1-5H3,(H,27,31). The molecule has 0 radical (unpaired) electrons. The van der Waals surface area contributed by atoms with Gasteiger partial charge in [-0.2, -0.15) is 4.31 Å². The molecule has 0 aliphatic heterocycles. The summed E-state index contributed by atoms with van der Waals surface area (Å²) in [4.78, 5) is 37.8. The lowest BCUT2D eigenvalue weighted by atomic mass is 10.2. The predicted octanol–water partition coefficient (Wildman–Crippen LogP) is 2.84. The van der Waals surface area contributed by atoms with E-state index in [1.807, 2.05) is 6.07 Å². The van der Waals surface area contributed by atoms with Gasteiger partial charge >= 0.3 is 5.97 Å². The molecular formula is C25H29FN4O6S.